The topological polar surface area (TPSA) is 96.9 Å². The van der Waals surface area contributed by atoms with Gasteiger partial charge in [-0.25, -0.2) is 0 Å². The number of nitrogens with zero attached hydrogens (tertiary/aromatic N) is 1. The molecule has 4 N–H and O–H groups in total. The second-order valence-corrected chi connectivity index (χ2v) is 5.16. The second-order valence-electron chi connectivity index (χ2n) is 5.16. The van der Waals surface area contributed by atoms with Crippen molar-refractivity contribution in [2.75, 3.05) is 13.7 Å². The van der Waals surface area contributed by atoms with Crippen LogP contribution in [-0.2, 0) is 9.53 Å². The highest BCUT2D eigenvalue weighted by Crippen LogP contribution is 2.37. The molecule has 6 heteroatoms. The molecule has 1 aliphatic carbocycles. The van der Waals surface area contributed by atoms with Crippen molar-refractivity contribution in [1.29, 1.82) is 0 Å². The second kappa shape index (κ2) is 7.33. The van der Waals surface area contributed by atoms with E-state index >= 15 is 0 Å². The van der Waals surface area contributed by atoms with Crippen LogP contribution in [0, 0.1) is 5.41 Å². The summed E-state index contributed by atoms with van der Waals surface area (Å²) in [7, 11) is 1.61. The number of carbonyl (C=O) groups is 1. The minimum Gasteiger partial charge on any atom is -0.409 e. The Kier molecular flexibility index (Phi) is 6.08. The van der Waals surface area contributed by atoms with Crippen molar-refractivity contribution in [1.82, 2.24) is 5.32 Å². The molecule has 1 aliphatic rings. The third-order valence-corrected chi connectivity index (χ3v) is 3.94. The summed E-state index contributed by atoms with van der Waals surface area (Å²) in [6.45, 7) is 2.45. The zero-order valence-corrected chi connectivity index (χ0v) is 11.8. The van der Waals surface area contributed by atoms with Crippen LogP contribution in [0.15, 0.2) is 5.16 Å². The molecule has 1 unspecified atom stereocenters. The fourth-order valence-corrected chi connectivity index (χ4v) is 2.64. The van der Waals surface area contributed by atoms with Gasteiger partial charge in [-0.1, -0.05) is 31.3 Å². The zero-order chi connectivity index (χ0) is 14.3. The number of rotatable bonds is 6. The lowest BCUT2D eigenvalue weighted by Crippen LogP contribution is -2.53. The molecule has 1 rings (SSSR count). The van der Waals surface area contributed by atoms with E-state index in [1.54, 1.807) is 7.11 Å². The Morgan fingerprint density at radius 3 is 2.58 bits per heavy atom. The molecule has 1 saturated carbocycles. The minimum atomic E-state index is -0.853. The summed E-state index contributed by atoms with van der Waals surface area (Å²) in [4.78, 5) is 12.5. The number of oxime groups is 1. The van der Waals surface area contributed by atoms with Crippen LogP contribution in [0.1, 0.15) is 45.4 Å². The van der Waals surface area contributed by atoms with Crippen LogP contribution in [-0.4, -0.2) is 36.7 Å². The van der Waals surface area contributed by atoms with E-state index in [1.165, 1.54) is 0 Å². The molecule has 1 amide bonds. The molecule has 0 heterocycles. The summed E-state index contributed by atoms with van der Waals surface area (Å²) in [6, 6.07) is -0.0391. The van der Waals surface area contributed by atoms with Gasteiger partial charge in [-0.05, 0) is 19.3 Å². The first kappa shape index (κ1) is 15.8. The van der Waals surface area contributed by atoms with Gasteiger partial charge in [-0.3, -0.25) is 4.79 Å². The third kappa shape index (κ3) is 3.59. The number of hydrogen-bond donors (Lipinski definition) is 3. The van der Waals surface area contributed by atoms with Crippen molar-refractivity contribution in [3.63, 3.8) is 0 Å². The lowest BCUT2D eigenvalue weighted by Gasteiger charge is -2.35. The minimum absolute atomic E-state index is 0.0250. The first-order chi connectivity index (χ1) is 9.10. The first-order valence-electron chi connectivity index (χ1n) is 6.88. The van der Waals surface area contributed by atoms with Crippen molar-refractivity contribution < 1.29 is 14.7 Å². The van der Waals surface area contributed by atoms with E-state index in [4.69, 9.17) is 15.7 Å². The van der Waals surface area contributed by atoms with Crippen LogP contribution in [0.4, 0.5) is 0 Å². The molecule has 0 bridgehead atoms. The quantitative estimate of drug-likeness (QED) is 0.293. The number of carbonyl (C=O) groups excluding carboxylic acids is 1. The summed E-state index contributed by atoms with van der Waals surface area (Å²) in [5.41, 5.74) is 4.93. The average Bonchev–Trinajstić information content (AvgIpc) is 2.46. The zero-order valence-electron chi connectivity index (χ0n) is 11.8. The Morgan fingerprint density at radius 2 is 2.11 bits per heavy atom. The monoisotopic (exact) mass is 271 g/mol. The predicted molar refractivity (Wildman–Crippen MR) is 73.0 cm³/mol. The lowest BCUT2D eigenvalue weighted by molar-refractivity contribution is -0.130. The first-order valence-corrected chi connectivity index (χ1v) is 6.88. The van der Waals surface area contributed by atoms with Gasteiger partial charge in [0.25, 0.3) is 0 Å². The number of hydrogen-bond acceptors (Lipinski definition) is 4. The maximum Gasteiger partial charge on any atom is 0.234 e. The van der Waals surface area contributed by atoms with Crippen molar-refractivity contribution >= 4 is 11.7 Å². The molecule has 0 spiro atoms. The maximum absolute atomic E-state index is 12.5. The normalized spacial score (nSPS) is 20.8. The molecule has 0 aliphatic heterocycles. The number of ether oxygens (including phenoxy) is 1. The summed E-state index contributed by atoms with van der Waals surface area (Å²) in [6.07, 6.45) is 4.99. The van der Waals surface area contributed by atoms with Crippen molar-refractivity contribution in [3.05, 3.63) is 0 Å². The number of nitrogens with one attached hydrogen (secondary N) is 1. The fourth-order valence-electron chi connectivity index (χ4n) is 2.64. The van der Waals surface area contributed by atoms with E-state index in [2.05, 4.69) is 10.5 Å². The summed E-state index contributed by atoms with van der Waals surface area (Å²) in [5, 5.41) is 15.0. The highest BCUT2D eigenvalue weighted by Gasteiger charge is 2.44. The van der Waals surface area contributed by atoms with Gasteiger partial charge in [0.15, 0.2) is 5.84 Å². The molecule has 110 valence electrons. The number of nitrogens with two attached hydrogens (primary N) is 1. The Morgan fingerprint density at radius 1 is 1.47 bits per heavy atom. The van der Waals surface area contributed by atoms with Crippen molar-refractivity contribution in [2.45, 2.75) is 51.5 Å². The molecule has 19 heavy (non-hydrogen) atoms. The summed E-state index contributed by atoms with van der Waals surface area (Å²) >= 11 is 0. The number of amides is 1. The van der Waals surface area contributed by atoms with Crippen molar-refractivity contribution in [3.8, 4) is 0 Å². The molecular weight excluding hydrogens is 246 g/mol. The molecule has 1 atom stereocenters. The molecule has 0 saturated heterocycles. The Balaban J connectivity index is 2.83. The van der Waals surface area contributed by atoms with Gasteiger partial charge >= 0.3 is 0 Å². The van der Waals surface area contributed by atoms with Crippen molar-refractivity contribution in [2.24, 2.45) is 16.3 Å². The van der Waals surface area contributed by atoms with Gasteiger partial charge in [0, 0.05) is 7.11 Å². The Hall–Kier alpha value is -1.30. The van der Waals surface area contributed by atoms with Gasteiger partial charge in [0.1, 0.15) is 5.41 Å². The van der Waals surface area contributed by atoms with Gasteiger partial charge in [-0.15, -0.1) is 0 Å². The van der Waals surface area contributed by atoms with E-state index in [0.717, 1.165) is 25.7 Å². The van der Waals surface area contributed by atoms with Crippen LogP contribution in [0.25, 0.3) is 0 Å². The third-order valence-electron chi connectivity index (χ3n) is 3.94. The fraction of sp³-hybridized carbons (Fsp3) is 0.846. The smallest absolute Gasteiger partial charge is 0.234 e. The van der Waals surface area contributed by atoms with E-state index in [0.29, 0.717) is 19.4 Å². The predicted octanol–water partition coefficient (Wildman–Crippen LogP) is 1.22. The summed E-state index contributed by atoms with van der Waals surface area (Å²) in [5.74, 6) is -0.122. The van der Waals surface area contributed by atoms with E-state index in [1.807, 2.05) is 6.92 Å². The highest BCUT2D eigenvalue weighted by atomic mass is 16.5. The SMILES string of the molecule is CCC(COC)NC(=O)C1(C(N)=NO)CCCCC1. The molecule has 0 radical (unpaired) electrons. The van der Waals surface area contributed by atoms with Crippen LogP contribution in [0.3, 0.4) is 0 Å². The molecule has 6 nitrogen and oxygen atoms in total. The van der Waals surface area contributed by atoms with E-state index in [9.17, 15) is 4.79 Å². The Labute approximate surface area is 114 Å². The highest BCUT2D eigenvalue weighted by molar-refractivity contribution is 6.06. The molecule has 0 aromatic rings. The largest absolute Gasteiger partial charge is 0.409 e. The van der Waals surface area contributed by atoms with Crippen LogP contribution >= 0.6 is 0 Å². The summed E-state index contributed by atoms with van der Waals surface area (Å²) < 4.78 is 5.08. The number of methoxy groups -OCH3 is 1. The molecule has 0 aromatic heterocycles. The van der Waals surface area contributed by atoms with Gasteiger partial charge < -0.3 is 21.0 Å². The molecular formula is C13H25N3O3. The van der Waals surface area contributed by atoms with Gasteiger partial charge in [-0.2, -0.15) is 0 Å². The van der Waals surface area contributed by atoms with Crippen LogP contribution < -0.4 is 11.1 Å². The van der Waals surface area contributed by atoms with E-state index < -0.39 is 5.41 Å². The van der Waals surface area contributed by atoms with Crippen LogP contribution in [0.5, 0.6) is 0 Å². The molecule has 1 fully saturated rings. The van der Waals surface area contributed by atoms with Crippen LogP contribution in [0.2, 0.25) is 0 Å². The van der Waals surface area contributed by atoms with E-state index in [-0.39, 0.29) is 17.8 Å². The number of amidine groups is 1. The average molecular weight is 271 g/mol. The van der Waals surface area contributed by atoms with Gasteiger partial charge in [0.2, 0.25) is 5.91 Å². The lowest BCUT2D eigenvalue weighted by atomic mass is 9.72. The maximum atomic E-state index is 12.5. The standard InChI is InChI=1S/C13H25N3O3/c1-3-10(9-19-2)15-12(17)13(11(14)16-18)7-5-4-6-8-13/h10,18H,3-9H2,1-2H3,(H2,14,16)(H,15,17). The Bertz CT molecular complexity index is 325. The van der Waals surface area contributed by atoms with Gasteiger partial charge in [0.05, 0.1) is 12.6 Å². The molecule has 0 aromatic carbocycles.